The standard InChI is InChI=1S/C11H19N3O3S/c1-4-6-17-10-8-9(2)13-11(14-10)12-5-7-18(3,15)16/h8H,4-7H2,1-3H3,(H,12,13,14). The number of hydrogen-bond acceptors (Lipinski definition) is 6. The molecular formula is C11H19N3O3S. The van der Waals surface area contributed by atoms with Crippen molar-refractivity contribution in [3.05, 3.63) is 11.8 Å². The Hall–Kier alpha value is -1.37. The van der Waals surface area contributed by atoms with Crippen molar-refractivity contribution in [3.63, 3.8) is 0 Å². The molecule has 0 saturated heterocycles. The van der Waals surface area contributed by atoms with Gasteiger partial charge in [0.15, 0.2) is 0 Å². The summed E-state index contributed by atoms with van der Waals surface area (Å²) in [5.74, 6) is 0.950. The van der Waals surface area contributed by atoms with E-state index in [0.717, 1.165) is 12.1 Å². The minimum absolute atomic E-state index is 0.0510. The van der Waals surface area contributed by atoms with Gasteiger partial charge in [0, 0.05) is 24.6 Å². The molecule has 1 aromatic rings. The Labute approximate surface area is 108 Å². The lowest BCUT2D eigenvalue weighted by Crippen LogP contribution is -2.16. The van der Waals surface area contributed by atoms with Crippen molar-refractivity contribution in [2.45, 2.75) is 20.3 Å². The summed E-state index contributed by atoms with van der Waals surface area (Å²) in [6.07, 6.45) is 2.10. The van der Waals surface area contributed by atoms with Gasteiger partial charge in [-0.1, -0.05) is 6.92 Å². The Kier molecular flexibility index (Phi) is 5.33. The number of aryl methyl sites for hydroxylation is 1. The number of rotatable bonds is 7. The van der Waals surface area contributed by atoms with E-state index in [1.54, 1.807) is 6.07 Å². The molecule has 6 nitrogen and oxygen atoms in total. The molecule has 1 heterocycles. The van der Waals surface area contributed by atoms with Gasteiger partial charge >= 0.3 is 0 Å². The molecule has 1 N–H and O–H groups in total. The van der Waals surface area contributed by atoms with Crippen LogP contribution in [0, 0.1) is 6.92 Å². The average Bonchev–Trinajstić information content (AvgIpc) is 2.24. The molecule has 7 heteroatoms. The van der Waals surface area contributed by atoms with Gasteiger partial charge < -0.3 is 10.1 Å². The van der Waals surface area contributed by atoms with Crippen LogP contribution in [-0.4, -0.2) is 43.5 Å². The summed E-state index contributed by atoms with van der Waals surface area (Å²) in [6.45, 7) is 4.73. The van der Waals surface area contributed by atoms with Crippen molar-refractivity contribution in [1.29, 1.82) is 0 Å². The largest absolute Gasteiger partial charge is 0.478 e. The average molecular weight is 273 g/mol. The Balaban J connectivity index is 2.62. The zero-order valence-corrected chi connectivity index (χ0v) is 11.7. The zero-order chi connectivity index (χ0) is 13.6. The number of hydrogen-bond donors (Lipinski definition) is 1. The van der Waals surface area contributed by atoms with Crippen molar-refractivity contribution in [1.82, 2.24) is 9.97 Å². The Bertz CT molecular complexity index is 488. The normalized spacial score (nSPS) is 11.3. The highest BCUT2D eigenvalue weighted by atomic mass is 32.2. The molecular weight excluding hydrogens is 254 g/mol. The number of anilines is 1. The molecule has 0 aromatic carbocycles. The zero-order valence-electron chi connectivity index (χ0n) is 10.9. The fourth-order valence-electron chi connectivity index (χ4n) is 1.25. The van der Waals surface area contributed by atoms with Gasteiger partial charge in [-0.15, -0.1) is 0 Å². The third-order valence-electron chi connectivity index (χ3n) is 2.04. The summed E-state index contributed by atoms with van der Waals surface area (Å²) in [7, 11) is -2.98. The maximum absolute atomic E-state index is 11.0. The quantitative estimate of drug-likeness (QED) is 0.799. The van der Waals surface area contributed by atoms with Crippen molar-refractivity contribution in [2.24, 2.45) is 0 Å². The molecule has 0 saturated carbocycles. The minimum Gasteiger partial charge on any atom is -0.478 e. The molecule has 0 spiro atoms. The minimum atomic E-state index is -2.98. The van der Waals surface area contributed by atoms with Crippen LogP contribution in [0.15, 0.2) is 6.07 Å². The van der Waals surface area contributed by atoms with E-state index in [4.69, 9.17) is 4.74 Å². The van der Waals surface area contributed by atoms with Crippen LogP contribution >= 0.6 is 0 Å². The summed E-state index contributed by atoms with van der Waals surface area (Å²) in [5, 5.41) is 2.88. The summed E-state index contributed by atoms with van der Waals surface area (Å²) in [5.41, 5.74) is 0.776. The first kappa shape index (κ1) is 14.7. The monoisotopic (exact) mass is 273 g/mol. The first-order valence-corrected chi connectivity index (χ1v) is 7.87. The number of aromatic nitrogens is 2. The van der Waals surface area contributed by atoms with Gasteiger partial charge in [0.05, 0.1) is 12.4 Å². The third kappa shape index (κ3) is 5.81. The van der Waals surface area contributed by atoms with Gasteiger partial charge in [-0.25, -0.2) is 13.4 Å². The van der Waals surface area contributed by atoms with Crippen LogP contribution in [0.25, 0.3) is 0 Å². The predicted molar refractivity (Wildman–Crippen MR) is 70.8 cm³/mol. The topological polar surface area (TPSA) is 81.2 Å². The number of ether oxygens (including phenoxy) is 1. The van der Waals surface area contributed by atoms with E-state index in [1.807, 2.05) is 13.8 Å². The van der Waals surface area contributed by atoms with E-state index in [9.17, 15) is 8.42 Å². The smallest absolute Gasteiger partial charge is 0.226 e. The van der Waals surface area contributed by atoms with Crippen molar-refractivity contribution >= 4 is 15.8 Å². The fraction of sp³-hybridized carbons (Fsp3) is 0.636. The molecule has 1 rings (SSSR count). The van der Waals surface area contributed by atoms with Crippen LogP contribution in [0.2, 0.25) is 0 Å². The van der Waals surface area contributed by atoms with E-state index >= 15 is 0 Å². The van der Waals surface area contributed by atoms with E-state index in [2.05, 4.69) is 15.3 Å². The lowest BCUT2D eigenvalue weighted by Gasteiger charge is -2.08. The SMILES string of the molecule is CCCOc1cc(C)nc(NCCS(C)(=O)=O)n1. The molecule has 102 valence electrons. The number of nitrogens with one attached hydrogen (secondary N) is 1. The van der Waals surface area contributed by atoms with Gasteiger partial charge in [0.2, 0.25) is 11.8 Å². The summed E-state index contributed by atoms with van der Waals surface area (Å²) in [4.78, 5) is 8.32. The molecule has 0 aliphatic carbocycles. The van der Waals surface area contributed by atoms with Crippen LogP contribution in [0.4, 0.5) is 5.95 Å². The van der Waals surface area contributed by atoms with Gasteiger partial charge in [0.1, 0.15) is 9.84 Å². The van der Waals surface area contributed by atoms with Crippen LogP contribution < -0.4 is 10.1 Å². The van der Waals surface area contributed by atoms with E-state index in [0.29, 0.717) is 18.4 Å². The second-order valence-corrected chi connectivity index (χ2v) is 6.34. The highest BCUT2D eigenvalue weighted by Crippen LogP contribution is 2.11. The summed E-state index contributed by atoms with van der Waals surface area (Å²) in [6, 6.07) is 1.75. The van der Waals surface area contributed by atoms with E-state index in [1.165, 1.54) is 6.26 Å². The highest BCUT2D eigenvalue weighted by Gasteiger charge is 2.05. The maximum atomic E-state index is 11.0. The predicted octanol–water partition coefficient (Wildman–Crippen LogP) is 1.03. The molecule has 0 bridgehead atoms. The molecule has 0 unspecified atom stereocenters. The Morgan fingerprint density at radius 3 is 2.72 bits per heavy atom. The van der Waals surface area contributed by atoms with Crippen LogP contribution in [-0.2, 0) is 9.84 Å². The lowest BCUT2D eigenvalue weighted by molar-refractivity contribution is 0.305. The molecule has 0 aliphatic rings. The van der Waals surface area contributed by atoms with Gasteiger partial charge in [-0.2, -0.15) is 4.98 Å². The summed E-state index contributed by atoms with van der Waals surface area (Å²) >= 11 is 0. The molecule has 0 aliphatic heterocycles. The molecule has 0 radical (unpaired) electrons. The number of nitrogens with zero attached hydrogens (tertiary/aromatic N) is 2. The molecule has 0 fully saturated rings. The first-order valence-electron chi connectivity index (χ1n) is 5.81. The number of sulfone groups is 1. The van der Waals surface area contributed by atoms with Crippen LogP contribution in [0.1, 0.15) is 19.0 Å². The van der Waals surface area contributed by atoms with Crippen molar-refractivity contribution in [3.8, 4) is 5.88 Å². The van der Waals surface area contributed by atoms with Gasteiger partial charge in [-0.05, 0) is 13.3 Å². The summed E-state index contributed by atoms with van der Waals surface area (Å²) < 4.78 is 27.4. The van der Waals surface area contributed by atoms with Gasteiger partial charge in [0.25, 0.3) is 0 Å². The van der Waals surface area contributed by atoms with Crippen molar-refractivity contribution in [2.75, 3.05) is 30.5 Å². The molecule has 18 heavy (non-hydrogen) atoms. The Morgan fingerprint density at radius 2 is 2.11 bits per heavy atom. The third-order valence-corrected chi connectivity index (χ3v) is 2.99. The van der Waals surface area contributed by atoms with Crippen LogP contribution in [0.5, 0.6) is 5.88 Å². The van der Waals surface area contributed by atoms with Crippen LogP contribution in [0.3, 0.4) is 0 Å². The Morgan fingerprint density at radius 1 is 1.39 bits per heavy atom. The maximum Gasteiger partial charge on any atom is 0.226 e. The van der Waals surface area contributed by atoms with Gasteiger partial charge in [-0.3, -0.25) is 0 Å². The second kappa shape index (κ2) is 6.53. The van der Waals surface area contributed by atoms with Crippen molar-refractivity contribution < 1.29 is 13.2 Å². The molecule has 0 atom stereocenters. The second-order valence-electron chi connectivity index (χ2n) is 4.08. The van der Waals surface area contributed by atoms with E-state index < -0.39 is 9.84 Å². The molecule has 1 aromatic heterocycles. The lowest BCUT2D eigenvalue weighted by atomic mass is 10.4. The first-order chi connectivity index (χ1) is 8.40. The molecule has 0 amide bonds. The van der Waals surface area contributed by atoms with E-state index in [-0.39, 0.29) is 12.3 Å². The fourth-order valence-corrected chi connectivity index (χ4v) is 1.72. The highest BCUT2D eigenvalue weighted by molar-refractivity contribution is 7.90.